The molecule has 4 rings (SSSR count). The summed E-state index contributed by atoms with van der Waals surface area (Å²) >= 11 is 7.30. The zero-order valence-corrected chi connectivity index (χ0v) is 21.8. The largest absolute Gasteiger partial charge is 0.383 e. The number of halogens is 1. The highest BCUT2D eigenvalue weighted by Crippen LogP contribution is 2.24. The molecule has 4 aromatic rings. The fourth-order valence-corrected chi connectivity index (χ4v) is 5.95. The number of methoxy groups -OCH3 is 1. The molecule has 7 nitrogen and oxygen atoms in total. The molecule has 0 radical (unpaired) electrons. The van der Waals surface area contributed by atoms with Crippen molar-refractivity contribution in [2.45, 2.75) is 25.3 Å². The Morgan fingerprint density at radius 2 is 1.77 bits per heavy atom. The highest BCUT2D eigenvalue weighted by Gasteiger charge is 2.15. The fraction of sp³-hybridized carbons (Fsp3) is 0.200. The van der Waals surface area contributed by atoms with Crippen LogP contribution < -0.4 is 9.52 Å². The van der Waals surface area contributed by atoms with E-state index in [1.807, 2.05) is 18.4 Å². The number of anilines is 1. The van der Waals surface area contributed by atoms with Crippen LogP contribution in [-0.4, -0.2) is 32.6 Å². The van der Waals surface area contributed by atoms with Crippen molar-refractivity contribution in [3.05, 3.63) is 87.2 Å². The maximum absolute atomic E-state index is 13.0. The molecule has 10 heteroatoms. The van der Waals surface area contributed by atoms with E-state index in [4.69, 9.17) is 16.3 Å². The summed E-state index contributed by atoms with van der Waals surface area (Å²) < 4.78 is 36.0. The van der Waals surface area contributed by atoms with E-state index >= 15 is 0 Å². The second-order valence-electron chi connectivity index (χ2n) is 8.01. The molecule has 0 aliphatic rings. The summed E-state index contributed by atoms with van der Waals surface area (Å²) in [5, 5.41) is 0.447. The normalized spacial score (nSPS) is 12.3. The van der Waals surface area contributed by atoms with E-state index in [9.17, 15) is 13.2 Å². The van der Waals surface area contributed by atoms with Crippen molar-refractivity contribution in [3.63, 3.8) is 0 Å². The van der Waals surface area contributed by atoms with Gasteiger partial charge in [0.05, 0.1) is 21.7 Å². The van der Waals surface area contributed by atoms with Crippen LogP contribution in [-0.2, 0) is 21.3 Å². The van der Waals surface area contributed by atoms with Crippen molar-refractivity contribution < 1.29 is 17.9 Å². The van der Waals surface area contributed by atoms with Gasteiger partial charge in [0.25, 0.3) is 15.9 Å². The molecule has 0 aliphatic heterocycles. The Morgan fingerprint density at radius 3 is 2.43 bits per heavy atom. The molecule has 182 valence electrons. The minimum atomic E-state index is -3.78. The number of nitrogens with one attached hydrogen (secondary N) is 1. The fourth-order valence-electron chi connectivity index (χ4n) is 3.66. The first kappa shape index (κ1) is 25.1. The van der Waals surface area contributed by atoms with E-state index in [0.29, 0.717) is 34.2 Å². The van der Waals surface area contributed by atoms with Gasteiger partial charge in [-0.15, -0.1) is 0 Å². The van der Waals surface area contributed by atoms with Crippen molar-refractivity contribution in [2.75, 3.05) is 18.4 Å². The average molecular weight is 530 g/mol. The third kappa shape index (κ3) is 5.65. The number of rotatable bonds is 7. The zero-order valence-electron chi connectivity index (χ0n) is 19.4. The van der Waals surface area contributed by atoms with Crippen molar-refractivity contribution in [1.82, 2.24) is 4.57 Å². The lowest BCUT2D eigenvalue weighted by Gasteiger charge is -2.08. The molecular formula is C25H24ClN3O4S2. The minimum absolute atomic E-state index is 0.0907. The summed E-state index contributed by atoms with van der Waals surface area (Å²) in [6, 6.07) is 16.2. The van der Waals surface area contributed by atoms with Crippen LogP contribution in [0.1, 0.15) is 21.5 Å². The summed E-state index contributed by atoms with van der Waals surface area (Å²) in [4.78, 5) is 18.0. The Bertz CT molecular complexity index is 1560. The molecule has 0 atom stereocenters. The molecular weight excluding hydrogens is 506 g/mol. The third-order valence-electron chi connectivity index (χ3n) is 5.34. The number of aryl methyl sites for hydroxylation is 2. The molecule has 1 heterocycles. The average Bonchev–Trinajstić information content (AvgIpc) is 3.15. The molecule has 1 amide bonds. The molecule has 0 unspecified atom stereocenters. The number of hydrogen-bond donors (Lipinski definition) is 1. The van der Waals surface area contributed by atoms with Crippen molar-refractivity contribution in [2.24, 2.45) is 4.99 Å². The summed E-state index contributed by atoms with van der Waals surface area (Å²) in [5.74, 6) is -0.413. The quantitative estimate of drug-likeness (QED) is 0.358. The van der Waals surface area contributed by atoms with Crippen LogP contribution in [0.4, 0.5) is 5.69 Å². The van der Waals surface area contributed by atoms with Gasteiger partial charge >= 0.3 is 0 Å². The molecule has 0 spiro atoms. The van der Waals surface area contributed by atoms with Gasteiger partial charge in [0.1, 0.15) is 0 Å². The van der Waals surface area contributed by atoms with Crippen LogP contribution in [0, 0.1) is 13.8 Å². The van der Waals surface area contributed by atoms with Gasteiger partial charge in [-0.25, -0.2) is 8.42 Å². The molecule has 35 heavy (non-hydrogen) atoms. The van der Waals surface area contributed by atoms with Crippen LogP contribution in [0.3, 0.4) is 0 Å². The van der Waals surface area contributed by atoms with Gasteiger partial charge < -0.3 is 9.30 Å². The third-order valence-corrected chi connectivity index (χ3v) is 8.22. The van der Waals surface area contributed by atoms with Crippen LogP contribution >= 0.6 is 22.9 Å². The lowest BCUT2D eigenvalue weighted by Crippen LogP contribution is -2.19. The van der Waals surface area contributed by atoms with Crippen molar-refractivity contribution in [3.8, 4) is 0 Å². The van der Waals surface area contributed by atoms with Gasteiger partial charge in [-0.3, -0.25) is 9.52 Å². The first-order valence-electron chi connectivity index (χ1n) is 10.7. The predicted octanol–water partition coefficient (Wildman–Crippen LogP) is 5.16. The summed E-state index contributed by atoms with van der Waals surface area (Å²) in [6.07, 6.45) is 0. The Morgan fingerprint density at radius 1 is 1.09 bits per heavy atom. The molecule has 1 N–H and O–H groups in total. The maximum Gasteiger partial charge on any atom is 0.279 e. The first-order valence-corrected chi connectivity index (χ1v) is 13.4. The Kier molecular flexibility index (Phi) is 7.42. The van der Waals surface area contributed by atoms with Gasteiger partial charge in [-0.1, -0.05) is 29.0 Å². The maximum atomic E-state index is 13.0. The number of hydrogen-bond acceptors (Lipinski definition) is 5. The molecule has 0 saturated carbocycles. The number of carbonyl (C=O) groups is 1. The van der Waals surface area contributed by atoms with E-state index in [0.717, 1.165) is 21.3 Å². The van der Waals surface area contributed by atoms with Crippen LogP contribution in [0.25, 0.3) is 10.2 Å². The minimum Gasteiger partial charge on any atom is -0.383 e. The molecule has 3 aromatic carbocycles. The number of fused-ring (bicyclic) bond motifs is 1. The number of aromatic nitrogens is 1. The molecule has 0 fully saturated rings. The SMILES string of the molecule is COCCn1c(=NC(=O)c2ccc(NS(=O)(=O)c3ccc(Cl)cc3)cc2)sc2c(C)cc(C)cc21. The Hall–Kier alpha value is -2.98. The molecule has 0 bridgehead atoms. The van der Waals surface area contributed by atoms with Crippen molar-refractivity contribution >= 4 is 54.8 Å². The van der Waals surface area contributed by atoms with E-state index < -0.39 is 15.9 Å². The predicted molar refractivity (Wildman–Crippen MR) is 140 cm³/mol. The highest BCUT2D eigenvalue weighted by molar-refractivity contribution is 7.92. The van der Waals surface area contributed by atoms with Gasteiger partial charge in [0.15, 0.2) is 4.80 Å². The first-order chi connectivity index (χ1) is 16.7. The number of benzene rings is 3. The van der Waals surface area contributed by atoms with Crippen LogP contribution in [0.5, 0.6) is 0 Å². The molecule has 1 aromatic heterocycles. The zero-order chi connectivity index (χ0) is 25.2. The van der Waals surface area contributed by atoms with Crippen LogP contribution in [0.2, 0.25) is 5.02 Å². The standard InChI is InChI=1S/C25H24ClN3O4S2/c1-16-14-17(2)23-22(15-16)29(12-13-33-3)25(34-23)27-24(30)18-4-8-20(9-5-18)28-35(31,32)21-10-6-19(26)7-11-21/h4-11,14-15,28H,12-13H2,1-3H3. The van der Waals surface area contributed by atoms with Gasteiger partial charge in [-0.2, -0.15) is 4.99 Å². The summed E-state index contributed by atoms with van der Waals surface area (Å²) in [6.45, 7) is 5.14. The summed E-state index contributed by atoms with van der Waals surface area (Å²) in [7, 11) is -2.14. The van der Waals surface area contributed by atoms with E-state index in [1.54, 1.807) is 19.2 Å². The number of ether oxygens (including phenoxy) is 1. The Balaban J connectivity index is 1.62. The lowest BCUT2D eigenvalue weighted by atomic mass is 10.1. The van der Waals surface area contributed by atoms with E-state index in [1.165, 1.54) is 47.7 Å². The van der Waals surface area contributed by atoms with Gasteiger partial charge in [0, 0.05) is 29.9 Å². The number of amides is 1. The molecule has 0 saturated heterocycles. The van der Waals surface area contributed by atoms with E-state index in [2.05, 4.69) is 21.8 Å². The number of nitrogens with zero attached hydrogens (tertiary/aromatic N) is 2. The molecule has 0 aliphatic carbocycles. The number of sulfonamides is 1. The van der Waals surface area contributed by atoms with Crippen LogP contribution in [0.15, 0.2) is 70.6 Å². The number of thiazole rings is 1. The number of carbonyl (C=O) groups excluding carboxylic acids is 1. The monoisotopic (exact) mass is 529 g/mol. The second kappa shape index (κ2) is 10.3. The Labute approximate surface area is 212 Å². The van der Waals surface area contributed by atoms with Gasteiger partial charge in [0.2, 0.25) is 0 Å². The van der Waals surface area contributed by atoms with Gasteiger partial charge in [-0.05, 0) is 79.6 Å². The lowest BCUT2D eigenvalue weighted by molar-refractivity contribution is 0.0997. The second-order valence-corrected chi connectivity index (χ2v) is 11.1. The van der Waals surface area contributed by atoms with E-state index in [-0.39, 0.29) is 4.90 Å². The topological polar surface area (TPSA) is 89.8 Å². The van der Waals surface area contributed by atoms with Crippen molar-refractivity contribution in [1.29, 1.82) is 0 Å². The summed E-state index contributed by atoms with van der Waals surface area (Å²) in [5.41, 5.74) is 3.96. The highest BCUT2D eigenvalue weighted by atomic mass is 35.5. The smallest absolute Gasteiger partial charge is 0.279 e.